The molecule has 0 fully saturated rings. The van der Waals surface area contributed by atoms with E-state index in [2.05, 4.69) is 39.4 Å². The quantitative estimate of drug-likeness (QED) is 0.565. The van der Waals surface area contributed by atoms with E-state index in [9.17, 15) is 0 Å². The number of hydrogen-bond acceptors (Lipinski definition) is 7. The van der Waals surface area contributed by atoms with Crippen LogP contribution in [0.4, 0.5) is 11.6 Å². The molecule has 2 aromatic rings. The molecule has 0 aliphatic rings. The first-order valence-corrected chi connectivity index (χ1v) is 9.20. The monoisotopic (exact) mass is 323 g/mol. The molecule has 5 nitrogen and oxygen atoms in total. The van der Waals surface area contributed by atoms with E-state index >= 15 is 0 Å². The zero-order valence-corrected chi connectivity index (χ0v) is 14.2. The van der Waals surface area contributed by atoms with Crippen molar-refractivity contribution < 1.29 is 0 Å². The van der Waals surface area contributed by atoms with E-state index in [1.165, 1.54) is 0 Å². The minimum atomic E-state index is 0.189. The van der Waals surface area contributed by atoms with Crippen molar-refractivity contribution in [3.63, 3.8) is 0 Å². The van der Waals surface area contributed by atoms with Crippen LogP contribution in [0.15, 0.2) is 22.8 Å². The summed E-state index contributed by atoms with van der Waals surface area (Å²) in [6.07, 6.45) is 5.86. The maximum atomic E-state index is 4.54. The number of aromatic nitrogens is 3. The van der Waals surface area contributed by atoms with Gasteiger partial charge >= 0.3 is 0 Å². The lowest BCUT2D eigenvalue weighted by molar-refractivity contribution is 0.733. The SMILES string of the molecule is CCCNc1cc(NC(CC)c2nccs2)nc(SC)n1. The highest BCUT2D eigenvalue weighted by Gasteiger charge is 2.13. The highest BCUT2D eigenvalue weighted by atomic mass is 32.2. The van der Waals surface area contributed by atoms with Gasteiger partial charge in [0.2, 0.25) is 0 Å². The van der Waals surface area contributed by atoms with E-state index in [4.69, 9.17) is 0 Å². The first-order chi connectivity index (χ1) is 10.3. The zero-order valence-electron chi connectivity index (χ0n) is 12.6. The van der Waals surface area contributed by atoms with E-state index in [0.717, 1.165) is 41.2 Å². The molecule has 0 spiro atoms. The normalized spacial score (nSPS) is 12.1. The van der Waals surface area contributed by atoms with E-state index in [1.54, 1.807) is 23.1 Å². The molecule has 21 heavy (non-hydrogen) atoms. The molecule has 114 valence electrons. The summed E-state index contributed by atoms with van der Waals surface area (Å²) in [6, 6.07) is 2.15. The molecule has 2 aromatic heterocycles. The van der Waals surface area contributed by atoms with E-state index in [-0.39, 0.29) is 6.04 Å². The van der Waals surface area contributed by atoms with E-state index in [1.807, 2.05) is 23.9 Å². The van der Waals surface area contributed by atoms with Crippen molar-refractivity contribution in [3.8, 4) is 0 Å². The third kappa shape index (κ3) is 4.57. The summed E-state index contributed by atoms with van der Waals surface area (Å²) in [5.41, 5.74) is 0. The number of nitrogens with zero attached hydrogens (tertiary/aromatic N) is 3. The van der Waals surface area contributed by atoms with Crippen molar-refractivity contribution in [2.75, 3.05) is 23.4 Å². The Hall–Kier alpha value is -1.34. The summed E-state index contributed by atoms with van der Waals surface area (Å²) in [5, 5.41) is 10.6. The van der Waals surface area contributed by atoms with Gasteiger partial charge in [-0.25, -0.2) is 15.0 Å². The largest absolute Gasteiger partial charge is 0.370 e. The molecular formula is C14H21N5S2. The second-order valence-corrected chi connectivity index (χ2v) is 6.23. The molecule has 2 heterocycles. The van der Waals surface area contributed by atoms with Gasteiger partial charge in [-0.15, -0.1) is 11.3 Å². The van der Waals surface area contributed by atoms with Crippen LogP contribution in [-0.2, 0) is 0 Å². The second kappa shape index (κ2) is 8.19. The molecule has 0 amide bonds. The molecule has 0 radical (unpaired) electrons. The molecule has 0 saturated heterocycles. The number of hydrogen-bond donors (Lipinski definition) is 2. The first-order valence-electron chi connectivity index (χ1n) is 7.09. The lowest BCUT2D eigenvalue weighted by Crippen LogP contribution is -2.12. The van der Waals surface area contributed by atoms with Gasteiger partial charge in [0.15, 0.2) is 5.16 Å². The summed E-state index contributed by atoms with van der Waals surface area (Å²) < 4.78 is 0. The van der Waals surface area contributed by atoms with Gasteiger partial charge < -0.3 is 10.6 Å². The van der Waals surface area contributed by atoms with Crippen LogP contribution in [0.2, 0.25) is 0 Å². The van der Waals surface area contributed by atoms with Crippen LogP contribution < -0.4 is 10.6 Å². The van der Waals surface area contributed by atoms with Crippen molar-refractivity contribution in [2.24, 2.45) is 0 Å². The van der Waals surface area contributed by atoms with Crippen LogP contribution in [0.25, 0.3) is 0 Å². The standard InChI is InChI=1S/C14H21N5S2/c1-4-6-15-11-9-12(19-14(18-11)20-3)17-10(5-2)13-16-7-8-21-13/h7-10H,4-6H2,1-3H3,(H2,15,17,18,19). The fraction of sp³-hybridized carbons (Fsp3) is 0.500. The Morgan fingerprint density at radius 3 is 2.71 bits per heavy atom. The van der Waals surface area contributed by atoms with Gasteiger partial charge in [-0.3, -0.25) is 0 Å². The molecule has 1 atom stereocenters. The van der Waals surface area contributed by atoms with Crippen LogP contribution in [0.1, 0.15) is 37.7 Å². The predicted molar refractivity (Wildman–Crippen MR) is 91.4 cm³/mol. The fourth-order valence-electron chi connectivity index (χ4n) is 1.86. The Balaban J connectivity index is 2.17. The van der Waals surface area contributed by atoms with Crippen LogP contribution >= 0.6 is 23.1 Å². The Labute approximate surface area is 134 Å². The third-order valence-corrected chi connectivity index (χ3v) is 4.36. The maximum Gasteiger partial charge on any atom is 0.191 e. The lowest BCUT2D eigenvalue weighted by Gasteiger charge is -2.16. The molecule has 7 heteroatoms. The second-order valence-electron chi connectivity index (χ2n) is 4.53. The maximum absolute atomic E-state index is 4.54. The smallest absolute Gasteiger partial charge is 0.191 e. The van der Waals surface area contributed by atoms with Crippen molar-refractivity contribution in [3.05, 3.63) is 22.7 Å². The van der Waals surface area contributed by atoms with Crippen molar-refractivity contribution in [1.29, 1.82) is 0 Å². The summed E-state index contributed by atoms with van der Waals surface area (Å²) in [7, 11) is 0. The Morgan fingerprint density at radius 2 is 2.10 bits per heavy atom. The minimum absolute atomic E-state index is 0.189. The summed E-state index contributed by atoms with van der Waals surface area (Å²) in [4.78, 5) is 13.4. The molecule has 2 rings (SSSR count). The number of thiazole rings is 1. The fourth-order valence-corrected chi connectivity index (χ4v) is 3.01. The van der Waals surface area contributed by atoms with Crippen LogP contribution in [0, 0.1) is 0 Å². The average molecular weight is 323 g/mol. The van der Waals surface area contributed by atoms with Gasteiger partial charge in [0, 0.05) is 24.2 Å². The molecule has 1 unspecified atom stereocenters. The molecule has 2 N–H and O–H groups in total. The highest BCUT2D eigenvalue weighted by molar-refractivity contribution is 7.98. The summed E-state index contributed by atoms with van der Waals surface area (Å²) in [6.45, 7) is 5.19. The molecule has 0 aliphatic heterocycles. The van der Waals surface area contributed by atoms with E-state index < -0.39 is 0 Å². The lowest BCUT2D eigenvalue weighted by atomic mass is 10.2. The number of anilines is 2. The molecular weight excluding hydrogens is 302 g/mol. The summed E-state index contributed by atoms with van der Waals surface area (Å²) >= 11 is 3.21. The topological polar surface area (TPSA) is 62.7 Å². The number of thioether (sulfide) groups is 1. The Bertz CT molecular complexity index is 544. The zero-order chi connectivity index (χ0) is 15.1. The van der Waals surface area contributed by atoms with E-state index in [0.29, 0.717) is 0 Å². The molecule has 0 aromatic carbocycles. The minimum Gasteiger partial charge on any atom is -0.370 e. The van der Waals surface area contributed by atoms with Gasteiger partial charge in [0.05, 0.1) is 6.04 Å². The molecule has 0 saturated carbocycles. The van der Waals surface area contributed by atoms with Gasteiger partial charge in [-0.1, -0.05) is 25.6 Å². The Morgan fingerprint density at radius 1 is 1.29 bits per heavy atom. The van der Waals surface area contributed by atoms with Gasteiger partial charge in [-0.05, 0) is 19.1 Å². The first kappa shape index (κ1) is 16.0. The summed E-state index contributed by atoms with van der Waals surface area (Å²) in [5.74, 6) is 1.71. The number of nitrogens with one attached hydrogen (secondary N) is 2. The van der Waals surface area contributed by atoms with Crippen molar-refractivity contribution in [1.82, 2.24) is 15.0 Å². The Kier molecular flexibility index (Phi) is 6.25. The number of rotatable bonds is 8. The van der Waals surface area contributed by atoms with Gasteiger partial charge in [-0.2, -0.15) is 0 Å². The predicted octanol–water partition coefficient (Wildman–Crippen LogP) is 4.04. The molecule has 0 bridgehead atoms. The highest BCUT2D eigenvalue weighted by Crippen LogP contribution is 2.25. The van der Waals surface area contributed by atoms with Crippen LogP contribution in [0.3, 0.4) is 0 Å². The third-order valence-electron chi connectivity index (χ3n) is 2.92. The van der Waals surface area contributed by atoms with Crippen molar-refractivity contribution >= 4 is 34.7 Å². The van der Waals surface area contributed by atoms with Crippen LogP contribution in [0.5, 0.6) is 0 Å². The van der Waals surface area contributed by atoms with Crippen molar-refractivity contribution in [2.45, 2.75) is 37.9 Å². The molecule has 0 aliphatic carbocycles. The van der Waals surface area contributed by atoms with Crippen LogP contribution in [-0.4, -0.2) is 27.8 Å². The van der Waals surface area contributed by atoms with Gasteiger partial charge in [0.1, 0.15) is 16.6 Å². The average Bonchev–Trinajstić information content (AvgIpc) is 3.04. The van der Waals surface area contributed by atoms with Gasteiger partial charge in [0.25, 0.3) is 0 Å².